The molecule has 0 aliphatic carbocycles. The van der Waals surface area contributed by atoms with Crippen LogP contribution in [0.4, 0.5) is 0 Å². The minimum Gasteiger partial charge on any atom is -0.507 e. The summed E-state index contributed by atoms with van der Waals surface area (Å²) in [6.45, 7) is 3.23. The van der Waals surface area contributed by atoms with Crippen LogP contribution in [0.25, 0.3) is 0 Å². The van der Waals surface area contributed by atoms with E-state index in [2.05, 4.69) is 0 Å². The Bertz CT molecular complexity index is 1610. The van der Waals surface area contributed by atoms with Crippen molar-refractivity contribution in [3.8, 4) is 23.0 Å². The maximum absolute atomic E-state index is 13.0. The van der Waals surface area contributed by atoms with Crippen molar-refractivity contribution in [2.24, 2.45) is 0 Å². The van der Waals surface area contributed by atoms with Crippen LogP contribution in [0.1, 0.15) is 75.1 Å². The molecule has 0 aliphatic heterocycles. The number of carbonyl (C=O) groups excluding carboxylic acids is 4. The van der Waals surface area contributed by atoms with Crippen LogP contribution in [0.2, 0.25) is 0 Å². The van der Waals surface area contributed by atoms with Crippen LogP contribution in [0.15, 0.2) is 84.9 Å². The summed E-state index contributed by atoms with van der Waals surface area (Å²) in [7, 11) is 3.04. The molecule has 0 saturated carbocycles. The highest BCUT2D eigenvalue weighted by atomic mass is 16.5. The number of rotatable bonds is 14. The van der Waals surface area contributed by atoms with Crippen molar-refractivity contribution in [3.05, 3.63) is 118 Å². The van der Waals surface area contributed by atoms with Crippen LogP contribution in [-0.4, -0.2) is 61.2 Å². The summed E-state index contributed by atoms with van der Waals surface area (Å²) < 4.78 is 21.0. The number of phenolic OH excluding ortho intramolecular Hbond substituents is 2. The number of hydrogen-bond acceptors (Lipinski definition) is 10. The molecule has 47 heavy (non-hydrogen) atoms. The monoisotopic (exact) mass is 640 g/mol. The predicted molar refractivity (Wildman–Crippen MR) is 172 cm³/mol. The van der Waals surface area contributed by atoms with Crippen molar-refractivity contribution in [1.82, 2.24) is 0 Å². The van der Waals surface area contributed by atoms with Gasteiger partial charge >= 0.3 is 11.9 Å². The number of benzene rings is 4. The molecule has 0 saturated heterocycles. The van der Waals surface area contributed by atoms with E-state index in [4.69, 9.17) is 18.9 Å². The Hall–Kier alpha value is -5.64. The normalized spacial score (nSPS) is 12.0. The first kappa shape index (κ1) is 34.2. The molecule has 2 atom stereocenters. The largest absolute Gasteiger partial charge is 0.507 e. The zero-order valence-corrected chi connectivity index (χ0v) is 26.5. The molecule has 0 spiro atoms. The van der Waals surface area contributed by atoms with E-state index >= 15 is 0 Å². The molecular formula is C37H36O10. The second kappa shape index (κ2) is 15.6. The SMILES string of the molecule is COc1ccc(C(=O)c2cc(C(C)C(=O)OCCCOC(=O)C(C)c3ccc(O)c(C(=O)c4ccc(OC)cc4)c3)ccc2O)cc1. The van der Waals surface area contributed by atoms with Crippen LogP contribution in [0, 0.1) is 0 Å². The van der Waals surface area contributed by atoms with Crippen molar-refractivity contribution in [3.63, 3.8) is 0 Å². The molecule has 4 rings (SSSR count). The summed E-state index contributed by atoms with van der Waals surface area (Å²) in [4.78, 5) is 51.5. The maximum atomic E-state index is 13.0. The van der Waals surface area contributed by atoms with E-state index in [1.807, 2.05) is 0 Å². The maximum Gasteiger partial charge on any atom is 0.313 e. The number of esters is 2. The number of carbonyl (C=O) groups is 4. The smallest absolute Gasteiger partial charge is 0.313 e. The quantitative estimate of drug-likeness (QED) is 0.0962. The van der Waals surface area contributed by atoms with Gasteiger partial charge in [-0.3, -0.25) is 19.2 Å². The summed E-state index contributed by atoms with van der Waals surface area (Å²) in [5.74, 6) is -2.61. The van der Waals surface area contributed by atoms with Crippen LogP contribution < -0.4 is 9.47 Å². The van der Waals surface area contributed by atoms with E-state index in [0.717, 1.165) is 0 Å². The van der Waals surface area contributed by atoms with E-state index in [0.29, 0.717) is 33.8 Å². The van der Waals surface area contributed by atoms with Gasteiger partial charge in [0.1, 0.15) is 23.0 Å². The Morgan fingerprint density at radius 3 is 1.28 bits per heavy atom. The van der Waals surface area contributed by atoms with Gasteiger partial charge in [0.05, 0.1) is 50.4 Å². The highest BCUT2D eigenvalue weighted by molar-refractivity contribution is 6.11. The lowest BCUT2D eigenvalue weighted by Gasteiger charge is -2.15. The summed E-state index contributed by atoms with van der Waals surface area (Å²) in [5, 5.41) is 20.7. The number of ether oxygens (including phenoxy) is 4. The van der Waals surface area contributed by atoms with Gasteiger partial charge in [-0.2, -0.15) is 0 Å². The number of ketones is 2. The van der Waals surface area contributed by atoms with E-state index < -0.39 is 35.3 Å². The van der Waals surface area contributed by atoms with Crippen molar-refractivity contribution in [1.29, 1.82) is 0 Å². The first-order valence-electron chi connectivity index (χ1n) is 14.9. The molecule has 10 heteroatoms. The zero-order valence-electron chi connectivity index (χ0n) is 26.5. The second-order valence-electron chi connectivity index (χ2n) is 10.8. The molecule has 0 fully saturated rings. The van der Waals surface area contributed by atoms with Crippen molar-refractivity contribution >= 4 is 23.5 Å². The summed E-state index contributed by atoms with van der Waals surface area (Å²) >= 11 is 0. The Morgan fingerprint density at radius 2 is 0.936 bits per heavy atom. The highest BCUT2D eigenvalue weighted by Crippen LogP contribution is 2.29. The highest BCUT2D eigenvalue weighted by Gasteiger charge is 2.23. The first-order valence-corrected chi connectivity index (χ1v) is 14.9. The number of hydrogen-bond donors (Lipinski definition) is 2. The van der Waals surface area contributed by atoms with Gasteiger partial charge in [0.25, 0.3) is 0 Å². The average molecular weight is 641 g/mol. The molecule has 244 valence electrons. The van der Waals surface area contributed by atoms with Crippen LogP contribution in [0.3, 0.4) is 0 Å². The second-order valence-corrected chi connectivity index (χ2v) is 10.8. The Kier molecular flexibility index (Phi) is 11.3. The minimum atomic E-state index is -0.732. The summed E-state index contributed by atoms with van der Waals surface area (Å²) in [6, 6.07) is 21.7. The molecule has 4 aromatic carbocycles. The number of phenols is 2. The average Bonchev–Trinajstić information content (AvgIpc) is 3.10. The minimum absolute atomic E-state index is 0.0136. The van der Waals surface area contributed by atoms with E-state index in [1.54, 1.807) is 74.5 Å². The third-order valence-corrected chi connectivity index (χ3v) is 7.72. The van der Waals surface area contributed by atoms with Gasteiger partial charge in [0.15, 0.2) is 11.6 Å². The molecule has 0 aliphatic rings. The third-order valence-electron chi connectivity index (χ3n) is 7.72. The summed E-state index contributed by atoms with van der Waals surface area (Å²) in [6.07, 6.45) is 0.241. The van der Waals surface area contributed by atoms with Gasteiger partial charge < -0.3 is 29.2 Å². The first-order chi connectivity index (χ1) is 22.5. The standard InChI is InChI=1S/C37H36O10/c1-22(26-10-16-32(38)30(20-26)34(40)24-6-12-28(44-3)13-7-24)36(42)46-18-5-19-47-37(43)23(2)27-11-17-33(39)31(21-27)35(41)25-8-14-29(45-4)15-9-25/h6-17,20-23,38-39H,5,18-19H2,1-4H3. The molecular weight excluding hydrogens is 604 g/mol. The van der Waals surface area contributed by atoms with Gasteiger partial charge in [-0.1, -0.05) is 12.1 Å². The van der Waals surface area contributed by atoms with Crippen molar-refractivity contribution in [2.75, 3.05) is 27.4 Å². The summed E-state index contributed by atoms with van der Waals surface area (Å²) in [5.41, 5.74) is 1.79. The Labute approximate surface area is 272 Å². The fourth-order valence-electron chi connectivity index (χ4n) is 4.73. The van der Waals surface area contributed by atoms with Crippen LogP contribution in [0.5, 0.6) is 23.0 Å². The van der Waals surface area contributed by atoms with Gasteiger partial charge in [-0.15, -0.1) is 0 Å². The van der Waals surface area contributed by atoms with Gasteiger partial charge in [-0.25, -0.2) is 0 Å². The van der Waals surface area contributed by atoms with Crippen molar-refractivity contribution < 1.29 is 48.3 Å². The van der Waals surface area contributed by atoms with E-state index in [-0.39, 0.29) is 42.3 Å². The molecule has 0 aromatic heterocycles. The lowest BCUT2D eigenvalue weighted by molar-refractivity contribution is -0.147. The molecule has 10 nitrogen and oxygen atoms in total. The molecule has 0 amide bonds. The lowest BCUT2D eigenvalue weighted by Crippen LogP contribution is -2.18. The van der Waals surface area contributed by atoms with E-state index in [1.165, 1.54) is 38.5 Å². The van der Waals surface area contributed by atoms with Crippen LogP contribution in [-0.2, 0) is 19.1 Å². The zero-order chi connectivity index (χ0) is 34.1. The fourth-order valence-corrected chi connectivity index (χ4v) is 4.73. The Morgan fingerprint density at radius 1 is 0.574 bits per heavy atom. The molecule has 4 aromatic rings. The molecule has 0 bridgehead atoms. The van der Waals surface area contributed by atoms with Gasteiger partial charge in [-0.05, 0) is 97.8 Å². The van der Waals surface area contributed by atoms with Crippen LogP contribution >= 0.6 is 0 Å². The molecule has 2 unspecified atom stereocenters. The van der Waals surface area contributed by atoms with Crippen molar-refractivity contribution in [2.45, 2.75) is 32.1 Å². The fraction of sp³-hybridized carbons (Fsp3) is 0.243. The number of methoxy groups -OCH3 is 2. The Balaban J connectivity index is 1.28. The molecule has 2 N–H and O–H groups in total. The lowest BCUT2D eigenvalue weighted by atomic mass is 9.95. The molecule has 0 radical (unpaired) electrons. The molecule has 0 heterocycles. The van der Waals surface area contributed by atoms with Gasteiger partial charge in [0, 0.05) is 17.5 Å². The predicted octanol–water partition coefficient (Wildman–Crippen LogP) is 5.96. The van der Waals surface area contributed by atoms with E-state index in [9.17, 15) is 29.4 Å². The topological polar surface area (TPSA) is 146 Å². The number of aromatic hydroxyl groups is 2. The van der Waals surface area contributed by atoms with Gasteiger partial charge in [0.2, 0.25) is 0 Å². The third kappa shape index (κ3) is 8.35.